The van der Waals surface area contributed by atoms with Crippen molar-refractivity contribution < 1.29 is 62.2 Å². The number of H-pyrrole nitrogens is 1. The fraction of sp³-hybridized carbons (Fsp3) is 0.485. The first-order chi connectivity index (χ1) is 69.5. The lowest BCUT2D eigenvalue weighted by Gasteiger charge is -2.45. The molecule has 11 fully saturated rings. The Morgan fingerprint density at radius 1 is 0.435 bits per heavy atom. The average Bonchev–Trinajstić information content (AvgIpc) is 1.57. The van der Waals surface area contributed by atoms with Gasteiger partial charge >= 0.3 is 18.3 Å². The van der Waals surface area contributed by atoms with Crippen LogP contribution < -0.4 is 81.6 Å². The Hall–Kier alpha value is -12.4. The molecule has 147 heavy (non-hydrogen) atoms. The summed E-state index contributed by atoms with van der Waals surface area (Å²) in [7, 11) is 0. The molecule has 8 aromatic rings. The van der Waals surface area contributed by atoms with E-state index in [0.29, 0.717) is 125 Å². The lowest BCUT2D eigenvalue weighted by molar-refractivity contribution is -0.123. The number of allylic oxidation sites excluding steroid dienone is 3. The van der Waals surface area contributed by atoms with Crippen molar-refractivity contribution in [1.29, 1.82) is 0 Å². The third-order valence-electron chi connectivity index (χ3n) is 28.2. The number of amides is 8. The van der Waals surface area contributed by atoms with Gasteiger partial charge in [-0.2, -0.15) is 0 Å². The van der Waals surface area contributed by atoms with Crippen LogP contribution in [-0.4, -0.2) is 215 Å². The Kier molecular flexibility index (Phi) is 30.0. The van der Waals surface area contributed by atoms with Crippen molar-refractivity contribution in [3.63, 3.8) is 0 Å². The Morgan fingerprint density at radius 2 is 0.796 bits per heavy atom. The molecule has 8 amide bonds. The summed E-state index contributed by atoms with van der Waals surface area (Å²) in [5.41, 5.74) is 5.79. The van der Waals surface area contributed by atoms with Crippen LogP contribution in [0.1, 0.15) is 233 Å². The van der Waals surface area contributed by atoms with Gasteiger partial charge in [-0.05, 0) is 226 Å². The van der Waals surface area contributed by atoms with Crippen LogP contribution >= 0.6 is 89.9 Å². The van der Waals surface area contributed by atoms with E-state index in [9.17, 15) is 67.1 Å². The number of piperidine rings is 5. The Balaban J connectivity index is 0.000000121. The molecule has 8 aromatic heterocycles. The largest absolute Gasteiger partial charge is 0.444 e. The number of nitrogens with zero attached hydrogens (tertiary/aromatic N) is 14. The highest BCUT2D eigenvalue weighted by molar-refractivity contribution is 9.10. The Labute approximate surface area is 883 Å². The molecule has 23 rings (SSSR count). The molecule has 50 heteroatoms. The number of carbonyl (C=O) groups is 10. The van der Waals surface area contributed by atoms with Crippen molar-refractivity contribution >= 4 is 184 Å². The number of aromatic amines is 1. The van der Waals surface area contributed by atoms with Gasteiger partial charge in [0.1, 0.15) is 122 Å². The van der Waals surface area contributed by atoms with E-state index in [1.54, 1.807) is 68.3 Å². The monoisotopic (exact) mass is 2240 g/mol. The van der Waals surface area contributed by atoms with E-state index >= 15 is 0 Å². The molecular formula is C97H109Br2Cl5N26O17. The van der Waals surface area contributed by atoms with Gasteiger partial charge in [-0.1, -0.05) is 58.0 Å². The second-order valence-corrected chi connectivity index (χ2v) is 45.5. The quantitative estimate of drug-likeness (QED) is 0.0659. The number of hydrogen-bond acceptors (Lipinski definition) is 31. The van der Waals surface area contributed by atoms with E-state index in [2.05, 4.69) is 125 Å². The van der Waals surface area contributed by atoms with E-state index in [4.69, 9.17) is 83.7 Å². The molecule has 14 aliphatic heterocycles. The molecular weight excluding hydrogens is 2140 g/mol. The maximum Gasteiger partial charge on any atom is 0.410 e. The van der Waals surface area contributed by atoms with Gasteiger partial charge in [0.2, 0.25) is 5.91 Å². The van der Waals surface area contributed by atoms with E-state index in [1.807, 2.05) is 62.3 Å². The number of hydrogen-bond donors (Lipinski definition) is 12. The van der Waals surface area contributed by atoms with Gasteiger partial charge < -0.3 is 93.2 Å². The number of pyridine rings is 4. The summed E-state index contributed by atoms with van der Waals surface area (Å²) in [6, 6.07) is 13.2. The predicted molar refractivity (Wildman–Crippen MR) is 548 cm³/mol. The maximum absolute atomic E-state index is 13.6. The number of aromatic nitrogens is 12. The van der Waals surface area contributed by atoms with Crippen LogP contribution in [0.5, 0.6) is 0 Å². The van der Waals surface area contributed by atoms with Crippen LogP contribution in [0.15, 0.2) is 149 Å². The molecule has 15 aliphatic rings. The Bertz CT molecular complexity index is 6860. The van der Waals surface area contributed by atoms with E-state index in [0.717, 1.165) is 77.0 Å². The number of primary amides is 1. The fourth-order valence-corrected chi connectivity index (χ4v) is 25.3. The molecule has 10 bridgehead atoms. The first-order valence-corrected chi connectivity index (χ1v) is 51.5. The summed E-state index contributed by atoms with van der Waals surface area (Å²) < 4.78 is 21.6. The normalized spacial score (nSPS) is 26.9. The van der Waals surface area contributed by atoms with Gasteiger partial charge in [0.25, 0.3) is 45.9 Å². The van der Waals surface area contributed by atoms with Crippen LogP contribution in [0.2, 0.25) is 20.1 Å². The lowest BCUT2D eigenvalue weighted by atomic mass is 9.70. The summed E-state index contributed by atoms with van der Waals surface area (Å²) in [4.78, 5) is 213. The second kappa shape index (κ2) is 41.6. The Morgan fingerprint density at radius 3 is 1.17 bits per heavy atom. The number of nitrogen functional groups attached to an aromatic ring is 1. The van der Waals surface area contributed by atoms with E-state index in [-0.39, 0.29) is 154 Å². The zero-order valence-corrected chi connectivity index (χ0v) is 88.3. The number of ketones is 2. The van der Waals surface area contributed by atoms with Crippen molar-refractivity contribution in [1.82, 2.24) is 105 Å². The van der Waals surface area contributed by atoms with Gasteiger partial charge in [0.05, 0.1) is 51.2 Å². The molecule has 4 spiro atoms. The third-order valence-corrected chi connectivity index (χ3v) is 30.8. The molecule has 0 radical (unpaired) electrons. The van der Waals surface area contributed by atoms with Crippen LogP contribution in [-0.2, 0) is 45.6 Å². The smallest absolute Gasteiger partial charge is 0.410 e. The molecule has 778 valence electrons. The van der Waals surface area contributed by atoms with Gasteiger partial charge in [0, 0.05) is 142 Å². The van der Waals surface area contributed by atoms with Crippen molar-refractivity contribution in [2.45, 2.75) is 290 Å². The number of nitrogens with one attached hydrogen (secondary N) is 10. The summed E-state index contributed by atoms with van der Waals surface area (Å²) in [6.45, 7) is 16.6. The maximum atomic E-state index is 13.6. The number of halogens is 7. The SMILES string of the molecule is CC(C)(C)OC(=O)N1C2CCC1CC(=O)C2.CC(C)(C)OC(=O)N1C2CCC1CC1(C2)NC(=O)c2c(Cl)cc(Br)c(=O)n21.CC(C)(C)OC(=O)N1C2CCC1CC1(C2)NC(=O)c2c(Cl)cc(Nc3ccncn3)c(=O)n21.NC(=O)c1[nH]c(=O)c(Br)cc1Cl.Nc1ccncn1.O=C1NC2(CC3CCC(C2)N3)C2C(=O)C(Nc3ccncn3)=CC(Cl)=C12.O=C1NC2(CC3CCC(C2)N3)n2c1c(Cl)cc(Nc1ccncn1)c2=O. The number of carbonyl (C=O) groups excluding carboxylic acids is 10. The topological polar surface area (TPSA) is 570 Å². The molecule has 22 heterocycles. The minimum atomic E-state index is -0.957. The van der Waals surface area contributed by atoms with Crippen molar-refractivity contribution in [3.05, 3.63) is 214 Å². The summed E-state index contributed by atoms with van der Waals surface area (Å²) >= 11 is 37.3. The van der Waals surface area contributed by atoms with Crippen molar-refractivity contribution in [3.8, 4) is 0 Å². The summed E-state index contributed by atoms with van der Waals surface area (Å²) in [6.07, 6.45) is 27.4. The highest BCUT2D eigenvalue weighted by Gasteiger charge is 2.63. The molecule has 1 aliphatic carbocycles. The number of fused-ring (bicyclic) bond motifs is 18. The summed E-state index contributed by atoms with van der Waals surface area (Å²) in [5.74, 6) is -0.435. The highest BCUT2D eigenvalue weighted by Crippen LogP contribution is 2.53. The van der Waals surface area contributed by atoms with Gasteiger partial charge in [-0.15, -0.1) is 0 Å². The van der Waals surface area contributed by atoms with E-state index < -0.39 is 62.6 Å². The van der Waals surface area contributed by atoms with Crippen LogP contribution in [0.25, 0.3) is 0 Å². The molecule has 14 N–H and O–H groups in total. The third kappa shape index (κ3) is 22.1. The first-order valence-electron chi connectivity index (χ1n) is 48.1. The van der Waals surface area contributed by atoms with E-state index in [1.165, 1.54) is 64.8 Å². The number of ether oxygens (including phenoxy) is 3. The molecule has 0 aromatic carbocycles. The first kappa shape index (κ1) is 106. The zero-order valence-electron chi connectivity index (χ0n) is 81.3. The minimum Gasteiger partial charge on any atom is -0.444 e. The highest BCUT2D eigenvalue weighted by atomic mass is 79.9. The predicted octanol–water partition coefficient (Wildman–Crippen LogP) is 11.9. The fourth-order valence-electron chi connectivity index (χ4n) is 22.9. The van der Waals surface area contributed by atoms with Crippen LogP contribution in [0, 0.1) is 5.92 Å². The molecule has 11 unspecified atom stereocenters. The zero-order chi connectivity index (χ0) is 105. The lowest BCUT2D eigenvalue weighted by Crippen LogP contribution is -2.60. The molecule has 43 nitrogen and oxygen atoms in total. The second-order valence-electron chi connectivity index (χ2n) is 41.8. The number of Topliss-reactive ketones (excluding diaryl/α,β-unsaturated/α-hetero) is 2. The van der Waals surface area contributed by atoms with Gasteiger partial charge in [0.15, 0.2) is 5.78 Å². The standard InChI is InChI=1S/C22H25ClN6O4.C18H21BrClN3O4.C18H18ClN5O2.C17H17ClN6O2.C12H19NO3.C6H4BrClN2O2.C4H5N3/c1-21(2,3)33-20(32)28-12-4-5-13(28)10-22(9-12)27-18(30)17-14(23)8-15(19(31)29(17)22)26-16-6-7-24-11-25-16;1-17(2,3)27-16(26)22-9-4-5-10(22)8-18(7-9)21-14(24)13-12(20)6-11(19)15(25)23(13)18;19-11-5-12(23-13-3-4-20-8-21-13)16(25)15-14(11)17(26)24-18(15)6-9-1-2-10(7-18)22-9;18-11-5-12(22-13-3-4-19-8-20-13)16(26)24-14(11)15(25)23-17(24)6-9-1-2-10(7-17)21-9;1-12(2,3)16-11(15)13-8-4-5-9(13)7-10(14)6-8;7-2-1-3(8)4(5(9)11)10-6(2)12;5-4-1-2-6-3-7-4/h6-8,11-13H,4-5,9-10H2,1-3H3,(H,27,30)(H,24,25,26);6,9-10H,4-5,7-8H2,1-3H3,(H,21,24);3-5,8-10,15,22H,1-2,6-7H2,(H,24,26)(H,20,21,23);3-5,8-10,21H,1-2,6-7H2,(H,23,25)(H,19,20,22);8-9H,4-7H2,1-3H3;1H,(H2,9,11)(H,10,12);1-3H,(H2,5,6,7). The number of rotatable bonds is 7. The van der Waals surface area contributed by atoms with Crippen molar-refractivity contribution in [2.75, 3.05) is 21.7 Å². The minimum absolute atomic E-state index is 0.0788. The average molecular weight is 2250 g/mol. The van der Waals surface area contributed by atoms with Crippen LogP contribution in [0.4, 0.5) is 49.0 Å². The summed E-state index contributed by atoms with van der Waals surface area (Å²) in [5, 5.41) is 29.4. The van der Waals surface area contributed by atoms with Gasteiger partial charge in [-0.3, -0.25) is 66.4 Å². The molecule has 0 saturated carbocycles. The molecule has 11 saturated heterocycles. The number of anilines is 6. The van der Waals surface area contributed by atoms with Gasteiger partial charge in [-0.25, -0.2) is 54.3 Å². The van der Waals surface area contributed by atoms with Crippen LogP contribution in [0.3, 0.4) is 0 Å². The molecule has 11 atom stereocenters. The van der Waals surface area contributed by atoms with Crippen molar-refractivity contribution in [2.24, 2.45) is 11.7 Å². The number of nitrogens with two attached hydrogens (primary N) is 2.